The molecule has 0 bridgehead atoms. The SMILES string of the molecule is CNCCCCS(=O)(=O)NCC1(C)CCC1. The number of nitrogens with one attached hydrogen (secondary N) is 2. The summed E-state index contributed by atoms with van der Waals surface area (Å²) in [6, 6.07) is 0. The van der Waals surface area contributed by atoms with Crippen molar-refractivity contribution >= 4 is 10.0 Å². The van der Waals surface area contributed by atoms with E-state index in [1.807, 2.05) is 7.05 Å². The topological polar surface area (TPSA) is 58.2 Å². The number of sulfonamides is 1. The van der Waals surface area contributed by atoms with Gasteiger partial charge in [0.05, 0.1) is 5.75 Å². The Hall–Kier alpha value is -0.130. The van der Waals surface area contributed by atoms with E-state index in [-0.39, 0.29) is 11.2 Å². The zero-order chi connectivity index (χ0) is 12.1. The molecule has 0 aromatic carbocycles. The monoisotopic (exact) mass is 248 g/mol. The van der Waals surface area contributed by atoms with Gasteiger partial charge in [-0.15, -0.1) is 0 Å². The van der Waals surface area contributed by atoms with Crippen molar-refractivity contribution in [1.82, 2.24) is 10.0 Å². The molecular formula is C11H24N2O2S. The predicted molar refractivity (Wildman–Crippen MR) is 66.9 cm³/mol. The van der Waals surface area contributed by atoms with Gasteiger partial charge in [0.2, 0.25) is 10.0 Å². The van der Waals surface area contributed by atoms with Crippen molar-refractivity contribution in [1.29, 1.82) is 0 Å². The number of rotatable bonds is 8. The lowest BCUT2D eigenvalue weighted by Crippen LogP contribution is -2.40. The average Bonchev–Trinajstić information content (AvgIpc) is 2.19. The van der Waals surface area contributed by atoms with Crippen molar-refractivity contribution in [2.75, 3.05) is 25.9 Å². The van der Waals surface area contributed by atoms with Gasteiger partial charge in [0, 0.05) is 6.54 Å². The van der Waals surface area contributed by atoms with Crippen molar-refractivity contribution in [3.63, 3.8) is 0 Å². The third kappa shape index (κ3) is 4.80. The van der Waals surface area contributed by atoms with E-state index in [4.69, 9.17) is 0 Å². The number of hydrogen-bond donors (Lipinski definition) is 2. The lowest BCUT2D eigenvalue weighted by molar-refractivity contribution is 0.166. The minimum absolute atomic E-state index is 0.220. The van der Waals surface area contributed by atoms with Crippen molar-refractivity contribution in [3.8, 4) is 0 Å². The lowest BCUT2D eigenvalue weighted by Gasteiger charge is -2.38. The first-order valence-electron chi connectivity index (χ1n) is 6.09. The Kier molecular flexibility index (Phi) is 5.21. The fourth-order valence-electron chi connectivity index (χ4n) is 1.91. The van der Waals surface area contributed by atoms with Crippen LogP contribution in [0.4, 0.5) is 0 Å². The predicted octanol–water partition coefficient (Wildman–Crippen LogP) is 1.10. The molecule has 0 amide bonds. The average molecular weight is 248 g/mol. The minimum Gasteiger partial charge on any atom is -0.320 e. The normalized spacial score (nSPS) is 19.4. The Labute approximate surface area is 99.2 Å². The van der Waals surface area contributed by atoms with Crippen molar-refractivity contribution in [3.05, 3.63) is 0 Å². The molecule has 0 aromatic heterocycles. The van der Waals surface area contributed by atoms with Crippen LogP contribution in [0.25, 0.3) is 0 Å². The second-order valence-corrected chi connectivity index (χ2v) is 7.04. The molecule has 0 atom stereocenters. The molecule has 0 aromatic rings. The Bertz CT molecular complexity index is 297. The van der Waals surface area contributed by atoms with E-state index in [1.54, 1.807) is 0 Å². The molecule has 1 fully saturated rings. The van der Waals surface area contributed by atoms with Crippen LogP contribution in [0, 0.1) is 5.41 Å². The Morgan fingerprint density at radius 2 is 1.94 bits per heavy atom. The second kappa shape index (κ2) is 5.98. The summed E-state index contributed by atoms with van der Waals surface area (Å²) in [4.78, 5) is 0. The summed E-state index contributed by atoms with van der Waals surface area (Å²) < 4.78 is 26.0. The highest BCUT2D eigenvalue weighted by Crippen LogP contribution is 2.39. The maximum atomic E-state index is 11.6. The van der Waals surface area contributed by atoms with Crippen LogP contribution in [-0.2, 0) is 10.0 Å². The van der Waals surface area contributed by atoms with Crippen LogP contribution in [0.3, 0.4) is 0 Å². The van der Waals surface area contributed by atoms with Gasteiger partial charge >= 0.3 is 0 Å². The number of hydrogen-bond acceptors (Lipinski definition) is 3. The molecule has 0 saturated heterocycles. The van der Waals surface area contributed by atoms with Gasteiger partial charge < -0.3 is 5.32 Å². The van der Waals surface area contributed by atoms with Gasteiger partial charge in [-0.1, -0.05) is 13.3 Å². The van der Waals surface area contributed by atoms with Crippen LogP contribution in [0.2, 0.25) is 0 Å². The van der Waals surface area contributed by atoms with Crippen LogP contribution >= 0.6 is 0 Å². The van der Waals surface area contributed by atoms with Gasteiger partial charge in [-0.25, -0.2) is 13.1 Å². The maximum Gasteiger partial charge on any atom is 0.211 e. The zero-order valence-corrected chi connectivity index (χ0v) is 11.2. The second-order valence-electron chi connectivity index (χ2n) is 5.11. The standard InChI is InChI=1S/C11H24N2O2S/c1-11(6-5-7-11)10-13-16(14,15)9-4-3-8-12-2/h12-13H,3-10H2,1-2H3. The van der Waals surface area contributed by atoms with E-state index in [0.29, 0.717) is 6.54 Å². The Balaban J connectivity index is 2.18. The van der Waals surface area contributed by atoms with Gasteiger partial charge in [0.25, 0.3) is 0 Å². The molecule has 1 saturated carbocycles. The summed E-state index contributed by atoms with van der Waals surface area (Å²) in [5.41, 5.74) is 0.220. The maximum absolute atomic E-state index is 11.6. The molecule has 96 valence electrons. The minimum atomic E-state index is -3.05. The van der Waals surface area contributed by atoms with Gasteiger partial charge in [-0.3, -0.25) is 0 Å². The summed E-state index contributed by atoms with van der Waals surface area (Å²) in [5, 5.41) is 3.01. The molecular weight excluding hydrogens is 224 g/mol. The highest BCUT2D eigenvalue weighted by Gasteiger charge is 2.32. The van der Waals surface area contributed by atoms with E-state index in [2.05, 4.69) is 17.0 Å². The molecule has 1 aliphatic rings. The molecule has 0 aliphatic heterocycles. The highest BCUT2D eigenvalue weighted by molar-refractivity contribution is 7.89. The van der Waals surface area contributed by atoms with Gasteiger partial charge in [-0.05, 0) is 44.7 Å². The first-order valence-corrected chi connectivity index (χ1v) is 7.75. The first kappa shape index (κ1) is 13.9. The largest absolute Gasteiger partial charge is 0.320 e. The van der Waals surface area contributed by atoms with E-state index in [9.17, 15) is 8.42 Å². The fraction of sp³-hybridized carbons (Fsp3) is 1.00. The van der Waals surface area contributed by atoms with E-state index < -0.39 is 10.0 Å². The lowest BCUT2D eigenvalue weighted by atomic mass is 9.71. The molecule has 0 unspecified atom stereocenters. The summed E-state index contributed by atoms with van der Waals surface area (Å²) >= 11 is 0. The fourth-order valence-corrected chi connectivity index (χ4v) is 3.20. The molecule has 1 aliphatic carbocycles. The van der Waals surface area contributed by atoms with Crippen molar-refractivity contribution in [2.45, 2.75) is 39.0 Å². The molecule has 2 N–H and O–H groups in total. The molecule has 0 spiro atoms. The summed E-state index contributed by atoms with van der Waals surface area (Å²) in [7, 11) is -1.17. The number of unbranched alkanes of at least 4 members (excludes halogenated alkanes) is 1. The van der Waals surface area contributed by atoms with Crippen LogP contribution in [0.1, 0.15) is 39.0 Å². The van der Waals surface area contributed by atoms with Crippen LogP contribution in [-0.4, -0.2) is 34.3 Å². The van der Waals surface area contributed by atoms with Gasteiger partial charge in [0.1, 0.15) is 0 Å². The summed E-state index contributed by atoms with van der Waals surface area (Å²) in [6.45, 7) is 3.65. The van der Waals surface area contributed by atoms with Gasteiger partial charge in [0.15, 0.2) is 0 Å². The van der Waals surface area contributed by atoms with E-state index in [0.717, 1.165) is 32.2 Å². The molecule has 1 rings (SSSR count). The van der Waals surface area contributed by atoms with E-state index in [1.165, 1.54) is 6.42 Å². The van der Waals surface area contributed by atoms with Crippen LogP contribution in [0.15, 0.2) is 0 Å². The Morgan fingerprint density at radius 1 is 1.25 bits per heavy atom. The third-order valence-corrected chi connectivity index (χ3v) is 4.78. The zero-order valence-electron chi connectivity index (χ0n) is 10.4. The molecule has 0 radical (unpaired) electrons. The van der Waals surface area contributed by atoms with Crippen molar-refractivity contribution in [2.24, 2.45) is 5.41 Å². The molecule has 16 heavy (non-hydrogen) atoms. The highest BCUT2D eigenvalue weighted by atomic mass is 32.2. The van der Waals surface area contributed by atoms with Crippen molar-refractivity contribution < 1.29 is 8.42 Å². The van der Waals surface area contributed by atoms with Crippen LogP contribution in [0.5, 0.6) is 0 Å². The Morgan fingerprint density at radius 3 is 2.44 bits per heavy atom. The van der Waals surface area contributed by atoms with Crippen LogP contribution < -0.4 is 10.0 Å². The molecule has 5 heteroatoms. The first-order chi connectivity index (χ1) is 7.47. The quantitative estimate of drug-likeness (QED) is 0.632. The molecule has 0 heterocycles. The third-order valence-electron chi connectivity index (χ3n) is 3.37. The molecule has 4 nitrogen and oxygen atoms in total. The smallest absolute Gasteiger partial charge is 0.211 e. The van der Waals surface area contributed by atoms with E-state index >= 15 is 0 Å². The summed E-state index contributed by atoms with van der Waals surface area (Å²) in [6.07, 6.45) is 5.17. The van der Waals surface area contributed by atoms with Gasteiger partial charge in [-0.2, -0.15) is 0 Å². The summed E-state index contributed by atoms with van der Waals surface area (Å²) in [5.74, 6) is 0.255.